The topological polar surface area (TPSA) is 54.8 Å². The Morgan fingerprint density at radius 1 is 1.23 bits per heavy atom. The quantitative estimate of drug-likeness (QED) is 0.493. The van der Waals surface area contributed by atoms with Gasteiger partial charge in [0.2, 0.25) is 0 Å². The molecule has 2 aromatic carbocycles. The lowest BCUT2D eigenvalue weighted by atomic mass is 9.97. The van der Waals surface area contributed by atoms with Gasteiger partial charge in [-0.25, -0.2) is 4.98 Å². The summed E-state index contributed by atoms with van der Waals surface area (Å²) in [6.45, 7) is 6.57. The van der Waals surface area contributed by atoms with Crippen LogP contribution in [0.2, 0.25) is 0 Å². The fourth-order valence-electron chi connectivity index (χ4n) is 4.09. The van der Waals surface area contributed by atoms with Gasteiger partial charge in [0, 0.05) is 12.5 Å². The molecule has 6 heteroatoms. The van der Waals surface area contributed by atoms with Gasteiger partial charge in [-0.05, 0) is 62.2 Å². The Balaban J connectivity index is 1.25. The molecule has 0 saturated carbocycles. The van der Waals surface area contributed by atoms with Gasteiger partial charge in [0.25, 0.3) is 0 Å². The van der Waals surface area contributed by atoms with Crippen LogP contribution in [-0.4, -0.2) is 54.4 Å². The number of β-amino-alcohol motifs (C(OH)–C–C–N with tert-alkyl or cyclic N) is 1. The fourth-order valence-corrected chi connectivity index (χ4v) is 5.23. The highest BCUT2D eigenvalue weighted by Gasteiger charge is 2.24. The molecule has 1 unspecified atom stereocenters. The van der Waals surface area contributed by atoms with E-state index in [9.17, 15) is 5.11 Å². The van der Waals surface area contributed by atoms with Crippen molar-refractivity contribution in [1.29, 1.82) is 0 Å². The lowest BCUT2D eigenvalue weighted by molar-refractivity contribution is 0.0586. The van der Waals surface area contributed by atoms with Crippen LogP contribution in [-0.2, 0) is 6.42 Å². The SMILES string of the molecule is C=CCc1ccc(OCC(O)CN2CCC(c3nc4ccccc4s3)CC2)c(OC)c1. The number of hydrogen-bond donors (Lipinski definition) is 1. The maximum atomic E-state index is 10.5. The minimum absolute atomic E-state index is 0.245. The summed E-state index contributed by atoms with van der Waals surface area (Å²) in [5.74, 6) is 1.85. The molecule has 31 heavy (non-hydrogen) atoms. The van der Waals surface area contributed by atoms with E-state index in [0.717, 1.165) is 43.4 Å². The minimum atomic E-state index is -0.545. The molecule has 1 N–H and O–H groups in total. The van der Waals surface area contributed by atoms with Gasteiger partial charge in [-0.3, -0.25) is 0 Å². The first-order valence-corrected chi connectivity index (χ1v) is 11.6. The van der Waals surface area contributed by atoms with Gasteiger partial charge < -0.3 is 19.5 Å². The van der Waals surface area contributed by atoms with Gasteiger partial charge in [-0.15, -0.1) is 17.9 Å². The Morgan fingerprint density at radius 2 is 2.03 bits per heavy atom. The molecule has 1 aliphatic rings. The fraction of sp³-hybridized carbons (Fsp3) is 0.400. The zero-order chi connectivity index (χ0) is 21.6. The highest BCUT2D eigenvalue weighted by atomic mass is 32.1. The number of piperidine rings is 1. The number of hydrogen-bond acceptors (Lipinski definition) is 6. The van der Waals surface area contributed by atoms with E-state index < -0.39 is 6.10 Å². The zero-order valence-corrected chi connectivity index (χ0v) is 18.8. The predicted molar refractivity (Wildman–Crippen MR) is 126 cm³/mol. The number of nitrogens with zero attached hydrogens (tertiary/aromatic N) is 2. The Labute approximate surface area is 187 Å². The Morgan fingerprint density at radius 3 is 2.77 bits per heavy atom. The number of aliphatic hydroxyl groups excluding tert-OH is 1. The van der Waals surface area contributed by atoms with Gasteiger partial charge in [0.1, 0.15) is 12.7 Å². The second-order valence-electron chi connectivity index (χ2n) is 8.04. The Bertz CT molecular complexity index is 978. The van der Waals surface area contributed by atoms with Gasteiger partial charge >= 0.3 is 0 Å². The largest absolute Gasteiger partial charge is 0.493 e. The number of methoxy groups -OCH3 is 1. The summed E-state index contributed by atoms with van der Waals surface area (Å²) >= 11 is 1.82. The van der Waals surface area contributed by atoms with E-state index in [4.69, 9.17) is 14.5 Å². The van der Waals surface area contributed by atoms with Gasteiger partial charge in [0.05, 0.1) is 22.3 Å². The van der Waals surface area contributed by atoms with Crippen molar-refractivity contribution >= 4 is 21.6 Å². The van der Waals surface area contributed by atoms with Crippen molar-refractivity contribution in [2.24, 2.45) is 0 Å². The highest BCUT2D eigenvalue weighted by Crippen LogP contribution is 2.34. The molecule has 1 saturated heterocycles. The average molecular weight is 439 g/mol. The molecule has 0 radical (unpaired) electrons. The van der Waals surface area contributed by atoms with E-state index in [1.165, 1.54) is 9.71 Å². The molecule has 1 atom stereocenters. The molecular weight excluding hydrogens is 408 g/mol. The number of aliphatic hydroxyl groups is 1. The predicted octanol–water partition coefficient (Wildman–Crippen LogP) is 4.65. The van der Waals surface area contributed by atoms with Crippen LogP contribution in [0.25, 0.3) is 10.2 Å². The number of rotatable bonds is 9. The third-order valence-electron chi connectivity index (χ3n) is 5.76. The number of ether oxygens (including phenoxy) is 2. The van der Waals surface area contributed by atoms with Crippen molar-refractivity contribution in [3.05, 3.63) is 65.7 Å². The summed E-state index contributed by atoms with van der Waals surface area (Å²) in [5, 5.41) is 11.8. The summed E-state index contributed by atoms with van der Waals surface area (Å²) in [4.78, 5) is 7.15. The number of thiazole rings is 1. The van der Waals surface area contributed by atoms with Crippen LogP contribution >= 0.6 is 11.3 Å². The van der Waals surface area contributed by atoms with Gasteiger partial charge in [-0.1, -0.05) is 24.3 Å². The monoisotopic (exact) mass is 438 g/mol. The van der Waals surface area contributed by atoms with Crippen molar-refractivity contribution in [3.8, 4) is 11.5 Å². The number of aromatic nitrogens is 1. The van der Waals surface area contributed by atoms with Crippen LogP contribution < -0.4 is 9.47 Å². The van der Waals surface area contributed by atoms with Crippen LogP contribution in [0.3, 0.4) is 0 Å². The van der Waals surface area contributed by atoms with Crippen molar-refractivity contribution in [1.82, 2.24) is 9.88 Å². The summed E-state index contributed by atoms with van der Waals surface area (Å²) < 4.78 is 12.6. The number of allylic oxidation sites excluding steroid dienone is 1. The molecule has 3 aromatic rings. The maximum absolute atomic E-state index is 10.5. The normalized spacial score (nSPS) is 16.3. The molecule has 1 fully saturated rings. The molecule has 4 rings (SSSR count). The third-order valence-corrected chi connectivity index (χ3v) is 6.95. The van der Waals surface area contributed by atoms with Gasteiger partial charge in [0.15, 0.2) is 11.5 Å². The van der Waals surface area contributed by atoms with E-state index in [0.29, 0.717) is 24.0 Å². The van der Waals surface area contributed by atoms with E-state index in [-0.39, 0.29) is 6.61 Å². The smallest absolute Gasteiger partial charge is 0.161 e. The van der Waals surface area contributed by atoms with Crippen LogP contribution in [0.15, 0.2) is 55.1 Å². The highest BCUT2D eigenvalue weighted by molar-refractivity contribution is 7.18. The number of fused-ring (bicyclic) bond motifs is 1. The second-order valence-corrected chi connectivity index (χ2v) is 9.10. The molecular formula is C25H30N2O3S. The van der Waals surface area contributed by atoms with E-state index in [1.807, 2.05) is 41.7 Å². The molecule has 0 spiro atoms. The zero-order valence-electron chi connectivity index (χ0n) is 18.0. The Kier molecular flexibility index (Phi) is 7.22. The average Bonchev–Trinajstić information content (AvgIpc) is 3.23. The second kappa shape index (κ2) is 10.3. The first-order chi connectivity index (χ1) is 15.2. The van der Waals surface area contributed by atoms with Crippen LogP contribution in [0.1, 0.15) is 29.3 Å². The van der Waals surface area contributed by atoms with Crippen molar-refractivity contribution < 1.29 is 14.6 Å². The number of para-hydroxylation sites is 1. The first-order valence-electron chi connectivity index (χ1n) is 10.8. The molecule has 0 aliphatic carbocycles. The van der Waals surface area contributed by atoms with E-state index >= 15 is 0 Å². The molecule has 164 valence electrons. The first kappa shape index (κ1) is 21.8. The summed E-state index contributed by atoms with van der Waals surface area (Å²) in [6, 6.07) is 14.2. The number of likely N-dealkylation sites (tertiary alicyclic amines) is 1. The van der Waals surface area contributed by atoms with Crippen molar-refractivity contribution in [2.75, 3.05) is 33.4 Å². The summed E-state index contributed by atoms with van der Waals surface area (Å²) in [7, 11) is 1.63. The summed E-state index contributed by atoms with van der Waals surface area (Å²) in [6.07, 6.45) is 4.25. The molecule has 0 bridgehead atoms. The van der Waals surface area contributed by atoms with E-state index in [1.54, 1.807) is 7.11 Å². The van der Waals surface area contributed by atoms with Crippen molar-refractivity contribution in [2.45, 2.75) is 31.3 Å². The van der Waals surface area contributed by atoms with Crippen molar-refractivity contribution in [3.63, 3.8) is 0 Å². The van der Waals surface area contributed by atoms with Crippen LogP contribution in [0.5, 0.6) is 11.5 Å². The molecule has 1 aliphatic heterocycles. The number of benzene rings is 2. The Hall–Kier alpha value is -2.41. The summed E-state index contributed by atoms with van der Waals surface area (Å²) in [5.41, 5.74) is 2.22. The lowest BCUT2D eigenvalue weighted by Gasteiger charge is -2.32. The molecule has 1 aromatic heterocycles. The lowest BCUT2D eigenvalue weighted by Crippen LogP contribution is -2.40. The minimum Gasteiger partial charge on any atom is -0.493 e. The van der Waals surface area contributed by atoms with Crippen LogP contribution in [0.4, 0.5) is 0 Å². The van der Waals surface area contributed by atoms with Gasteiger partial charge in [-0.2, -0.15) is 0 Å². The third kappa shape index (κ3) is 5.45. The van der Waals surface area contributed by atoms with E-state index in [2.05, 4.69) is 29.7 Å². The van der Waals surface area contributed by atoms with Crippen LogP contribution in [0, 0.1) is 0 Å². The maximum Gasteiger partial charge on any atom is 0.161 e. The molecule has 2 heterocycles. The standard InChI is InChI=1S/C25H30N2O3S/c1-3-6-18-9-10-22(23(15-18)29-2)30-17-20(28)16-27-13-11-19(12-14-27)25-26-21-7-4-5-8-24(21)31-25/h3-5,7-10,15,19-20,28H,1,6,11-14,16-17H2,2H3. The molecule has 5 nitrogen and oxygen atoms in total. The molecule has 0 amide bonds.